The molecule has 2 aliphatic heterocycles. The Morgan fingerprint density at radius 2 is 1.33 bits per heavy atom. The Balaban J connectivity index is 1.09. The van der Waals surface area contributed by atoms with E-state index in [0.29, 0.717) is 37.0 Å². The quantitative estimate of drug-likeness (QED) is 0.0450. The molecule has 0 aliphatic carbocycles. The Hall–Kier alpha value is -6.21. The van der Waals surface area contributed by atoms with Gasteiger partial charge in [0.2, 0.25) is 6.10 Å². The molecule has 0 fully saturated rings. The minimum Gasteiger partial charge on any atom is -0.490 e. The highest BCUT2D eigenvalue weighted by atomic mass is 16.7. The zero-order valence-corrected chi connectivity index (χ0v) is 31.1. The smallest absolute Gasteiger partial charge is 0.407 e. The Morgan fingerprint density at radius 3 is 1.93 bits per heavy atom. The standard InChI is InChI=1S/C42H45N5O8/c1-42(2,3)54-41(51)45-23-13-12-22-44-40(43)46-25-30-20-21-32(24-31(30)26-46)52-27-35(55-47-37(48)33-18-10-11-19-34(33)38(47)49)39(50)53-36(28-14-6-4-7-15-28)29-16-8-5-9-17-29/h4-11,14-21,24,35-36H,12-13,22-23,25-27H2,1-3H3,(H2,43,44)(H,45,51)/t35-/m0/s1. The van der Waals surface area contributed by atoms with Crippen molar-refractivity contribution in [3.63, 3.8) is 0 Å². The fourth-order valence-corrected chi connectivity index (χ4v) is 6.17. The molecule has 2 heterocycles. The minimum absolute atomic E-state index is 0.172. The number of rotatable bonds is 14. The zero-order chi connectivity index (χ0) is 39.0. The maximum Gasteiger partial charge on any atom is 0.407 e. The third-order valence-electron chi connectivity index (χ3n) is 8.87. The molecule has 13 heteroatoms. The van der Waals surface area contributed by atoms with Crippen LogP contribution in [-0.2, 0) is 32.2 Å². The summed E-state index contributed by atoms with van der Waals surface area (Å²) in [6, 6.07) is 30.3. The van der Waals surface area contributed by atoms with Gasteiger partial charge in [-0.25, -0.2) is 14.4 Å². The third kappa shape index (κ3) is 9.86. The molecule has 0 unspecified atom stereocenters. The highest BCUT2D eigenvalue weighted by Crippen LogP contribution is 2.30. The number of hydroxylamine groups is 2. The zero-order valence-electron chi connectivity index (χ0n) is 31.1. The van der Waals surface area contributed by atoms with Crippen LogP contribution >= 0.6 is 0 Å². The number of alkyl carbamates (subject to hydrolysis) is 1. The van der Waals surface area contributed by atoms with Crippen LogP contribution in [0, 0.1) is 5.41 Å². The molecule has 0 spiro atoms. The van der Waals surface area contributed by atoms with E-state index in [0.717, 1.165) is 35.1 Å². The van der Waals surface area contributed by atoms with Crippen molar-refractivity contribution in [2.24, 2.45) is 0 Å². The lowest BCUT2D eigenvalue weighted by Gasteiger charge is -2.25. The van der Waals surface area contributed by atoms with E-state index < -0.39 is 41.7 Å². The number of carbonyl (C=O) groups excluding carboxylic acids is 4. The number of hydrogen-bond acceptors (Lipinski definition) is 9. The van der Waals surface area contributed by atoms with Gasteiger partial charge in [0.25, 0.3) is 11.8 Å². The Bertz CT molecular complexity index is 1940. The Labute approximate surface area is 320 Å². The first-order chi connectivity index (χ1) is 26.5. The van der Waals surface area contributed by atoms with Crippen molar-refractivity contribution in [3.8, 4) is 5.75 Å². The maximum absolute atomic E-state index is 14.0. The van der Waals surface area contributed by atoms with Crippen molar-refractivity contribution >= 4 is 29.8 Å². The van der Waals surface area contributed by atoms with Crippen molar-refractivity contribution < 1.29 is 38.2 Å². The van der Waals surface area contributed by atoms with Gasteiger partial charge >= 0.3 is 12.1 Å². The highest BCUT2D eigenvalue weighted by Gasteiger charge is 2.41. The first kappa shape index (κ1) is 38.5. The van der Waals surface area contributed by atoms with Crippen LogP contribution in [0.5, 0.6) is 5.75 Å². The number of esters is 1. The number of imide groups is 1. The van der Waals surface area contributed by atoms with Crippen molar-refractivity contribution in [2.45, 2.75) is 64.5 Å². The summed E-state index contributed by atoms with van der Waals surface area (Å²) in [5.41, 5.74) is 3.20. The highest BCUT2D eigenvalue weighted by molar-refractivity contribution is 6.20. The van der Waals surface area contributed by atoms with Gasteiger partial charge in [-0.15, -0.1) is 5.06 Å². The van der Waals surface area contributed by atoms with Crippen LogP contribution in [0.15, 0.2) is 103 Å². The van der Waals surface area contributed by atoms with Crippen molar-refractivity contribution in [1.29, 1.82) is 5.41 Å². The number of amides is 3. The number of unbranched alkanes of at least 4 members (excludes halogenated alkanes) is 1. The summed E-state index contributed by atoms with van der Waals surface area (Å²) < 4.78 is 17.4. The lowest BCUT2D eigenvalue weighted by molar-refractivity contribution is -0.187. The number of hydrogen-bond donors (Lipinski definition) is 3. The number of nitrogens with one attached hydrogen (secondary N) is 3. The summed E-state index contributed by atoms with van der Waals surface area (Å²) in [4.78, 5) is 60.1. The van der Waals surface area contributed by atoms with E-state index in [9.17, 15) is 19.2 Å². The van der Waals surface area contributed by atoms with Gasteiger partial charge in [-0.1, -0.05) is 78.9 Å². The first-order valence-electron chi connectivity index (χ1n) is 18.2. The van der Waals surface area contributed by atoms with Gasteiger partial charge in [-0.3, -0.25) is 15.0 Å². The van der Waals surface area contributed by atoms with Gasteiger partial charge < -0.3 is 29.7 Å². The van der Waals surface area contributed by atoms with E-state index >= 15 is 0 Å². The molecule has 286 valence electrons. The Kier molecular flexibility index (Phi) is 12.1. The molecule has 0 aromatic heterocycles. The minimum atomic E-state index is -1.50. The molecule has 0 radical (unpaired) electrons. The molecule has 13 nitrogen and oxygen atoms in total. The van der Waals surface area contributed by atoms with Crippen LogP contribution in [-0.4, -0.2) is 71.2 Å². The van der Waals surface area contributed by atoms with E-state index in [1.54, 1.807) is 18.2 Å². The number of fused-ring (bicyclic) bond motifs is 2. The SMILES string of the molecule is CC(C)(C)OC(=O)NCCCCNC(=N)N1Cc2ccc(OC[C@H](ON3C(=O)c4ccccc4C3=O)C(=O)OC(c3ccccc3)c3ccccc3)cc2C1. The number of guanidine groups is 1. The number of benzene rings is 4. The normalized spacial score (nSPS) is 14.0. The second-order valence-electron chi connectivity index (χ2n) is 14.2. The van der Waals surface area contributed by atoms with Crippen LogP contribution in [0.1, 0.15) is 82.7 Å². The average Bonchev–Trinajstić information content (AvgIpc) is 3.71. The van der Waals surface area contributed by atoms with Gasteiger partial charge in [0.15, 0.2) is 12.1 Å². The molecule has 4 aromatic rings. The summed E-state index contributed by atoms with van der Waals surface area (Å²) in [7, 11) is 0. The summed E-state index contributed by atoms with van der Waals surface area (Å²) in [5, 5.41) is 15.1. The van der Waals surface area contributed by atoms with Gasteiger partial charge in [0.1, 0.15) is 18.0 Å². The van der Waals surface area contributed by atoms with Crippen LogP contribution < -0.4 is 15.4 Å². The number of ether oxygens (including phenoxy) is 3. The predicted octanol–water partition coefficient (Wildman–Crippen LogP) is 6.14. The van der Waals surface area contributed by atoms with Gasteiger partial charge in [-0.05, 0) is 80.1 Å². The molecule has 3 N–H and O–H groups in total. The summed E-state index contributed by atoms with van der Waals surface area (Å²) in [6.07, 6.45) is -1.27. The fraction of sp³-hybridized carbons (Fsp3) is 0.310. The molecule has 55 heavy (non-hydrogen) atoms. The van der Waals surface area contributed by atoms with E-state index in [1.807, 2.05) is 98.5 Å². The molecule has 1 atom stereocenters. The molecule has 0 saturated heterocycles. The predicted molar refractivity (Wildman–Crippen MR) is 203 cm³/mol. The lowest BCUT2D eigenvalue weighted by atomic mass is 10.0. The molecule has 0 saturated carbocycles. The number of carbonyl (C=O) groups is 4. The van der Waals surface area contributed by atoms with Crippen LogP contribution in [0.4, 0.5) is 4.79 Å². The summed E-state index contributed by atoms with van der Waals surface area (Å²) in [5.74, 6) is -1.49. The molecule has 2 aliphatic rings. The van der Waals surface area contributed by atoms with E-state index in [1.165, 1.54) is 12.1 Å². The first-order valence-corrected chi connectivity index (χ1v) is 18.2. The second-order valence-corrected chi connectivity index (χ2v) is 14.2. The van der Waals surface area contributed by atoms with Gasteiger partial charge in [0, 0.05) is 26.2 Å². The Morgan fingerprint density at radius 1 is 0.764 bits per heavy atom. The average molecular weight is 748 g/mol. The molecular weight excluding hydrogens is 702 g/mol. The van der Waals surface area contributed by atoms with Crippen LogP contribution in [0.25, 0.3) is 0 Å². The van der Waals surface area contributed by atoms with Gasteiger partial charge in [-0.2, -0.15) is 0 Å². The maximum atomic E-state index is 14.0. The summed E-state index contributed by atoms with van der Waals surface area (Å²) >= 11 is 0. The monoisotopic (exact) mass is 747 g/mol. The van der Waals surface area contributed by atoms with Gasteiger partial charge in [0.05, 0.1) is 11.1 Å². The topological polar surface area (TPSA) is 160 Å². The fourth-order valence-electron chi connectivity index (χ4n) is 6.17. The molecule has 6 rings (SSSR count). The van der Waals surface area contributed by atoms with Crippen molar-refractivity contribution in [3.05, 3.63) is 137 Å². The van der Waals surface area contributed by atoms with E-state index in [-0.39, 0.29) is 23.7 Å². The molecule has 4 aromatic carbocycles. The lowest BCUT2D eigenvalue weighted by Crippen LogP contribution is -2.42. The van der Waals surface area contributed by atoms with E-state index in [2.05, 4.69) is 10.6 Å². The second kappa shape index (κ2) is 17.3. The number of nitrogens with zero attached hydrogens (tertiary/aromatic N) is 2. The molecule has 0 bridgehead atoms. The van der Waals surface area contributed by atoms with Crippen molar-refractivity contribution in [1.82, 2.24) is 20.6 Å². The van der Waals surface area contributed by atoms with Crippen molar-refractivity contribution in [2.75, 3.05) is 19.7 Å². The molecule has 3 amide bonds. The largest absolute Gasteiger partial charge is 0.490 e. The van der Waals surface area contributed by atoms with E-state index in [4.69, 9.17) is 24.5 Å². The van der Waals surface area contributed by atoms with Crippen LogP contribution in [0.2, 0.25) is 0 Å². The van der Waals surface area contributed by atoms with Crippen LogP contribution in [0.3, 0.4) is 0 Å². The molecular formula is C42H45N5O8. The summed E-state index contributed by atoms with van der Waals surface area (Å²) in [6.45, 7) is 7.11. The third-order valence-corrected chi connectivity index (χ3v) is 8.87.